The van der Waals surface area contributed by atoms with Crippen LogP contribution in [0.25, 0.3) is 21.8 Å². The predicted octanol–water partition coefficient (Wildman–Crippen LogP) is 6.33. The highest BCUT2D eigenvalue weighted by Crippen LogP contribution is 2.36. The highest BCUT2D eigenvalue weighted by atomic mass is 16.5. The van der Waals surface area contributed by atoms with Crippen LogP contribution in [0.5, 0.6) is 5.75 Å². The van der Waals surface area contributed by atoms with Crippen LogP contribution < -0.4 is 15.8 Å². The first-order valence-corrected chi connectivity index (χ1v) is 11.5. The molecular formula is C26H34N6O. The summed E-state index contributed by atoms with van der Waals surface area (Å²) < 4.78 is 7.45. The molecule has 7 nitrogen and oxygen atoms in total. The molecule has 4 aromatic rings. The van der Waals surface area contributed by atoms with Gasteiger partial charge < -0.3 is 15.8 Å². The summed E-state index contributed by atoms with van der Waals surface area (Å²) >= 11 is 0. The molecule has 0 amide bonds. The van der Waals surface area contributed by atoms with E-state index >= 15 is 0 Å². The summed E-state index contributed by atoms with van der Waals surface area (Å²) in [6.07, 6.45) is 2.46. The first-order chi connectivity index (χ1) is 16.0. The lowest BCUT2D eigenvalue weighted by atomic mass is 10.0. The van der Waals surface area contributed by atoms with E-state index in [4.69, 9.17) is 15.5 Å². The Labute approximate surface area is 196 Å². The Bertz CT molecular complexity index is 1270. The maximum absolute atomic E-state index is 9.85. The van der Waals surface area contributed by atoms with Gasteiger partial charge >= 0.3 is 0 Å². The summed E-state index contributed by atoms with van der Waals surface area (Å²) in [5.41, 5.74) is 11.3. The van der Waals surface area contributed by atoms with E-state index in [1.807, 2.05) is 89.8 Å². The molecular weight excluding hydrogens is 412 g/mol. The fourth-order valence-electron chi connectivity index (χ4n) is 3.53. The molecule has 2 heterocycles. The number of nitriles is 1. The van der Waals surface area contributed by atoms with Crippen LogP contribution in [0, 0.1) is 11.3 Å². The van der Waals surface area contributed by atoms with E-state index < -0.39 is 0 Å². The predicted molar refractivity (Wildman–Crippen MR) is 138 cm³/mol. The van der Waals surface area contributed by atoms with Crippen molar-refractivity contribution >= 4 is 38.9 Å². The van der Waals surface area contributed by atoms with Gasteiger partial charge in [-0.2, -0.15) is 10.4 Å². The standard InChI is InChI=1S/C22H22N6O.2C2H6/c1-4-18-16(11-23)22(15-9-17(24)21(29-5-2)10-19(15)27-18)26-14-6-7-20-13(8-14)12-25-28(20)3;2*1-2/h6-10,12H,4-5,24H2,1-3H3,(H,26,27);2*1-2H3. The number of hydrogen-bond donors (Lipinski definition) is 2. The van der Waals surface area contributed by atoms with E-state index in [9.17, 15) is 5.26 Å². The number of hydrogen-bond acceptors (Lipinski definition) is 6. The van der Waals surface area contributed by atoms with E-state index in [2.05, 4.69) is 16.5 Å². The molecule has 33 heavy (non-hydrogen) atoms. The van der Waals surface area contributed by atoms with Crippen molar-refractivity contribution in [1.82, 2.24) is 14.8 Å². The molecule has 174 valence electrons. The maximum atomic E-state index is 9.85. The van der Waals surface area contributed by atoms with Gasteiger partial charge in [-0.1, -0.05) is 34.6 Å². The van der Waals surface area contributed by atoms with Gasteiger partial charge in [0.1, 0.15) is 11.8 Å². The number of ether oxygens (including phenoxy) is 1. The number of nitrogen functional groups attached to an aromatic ring is 1. The molecule has 3 N–H and O–H groups in total. The van der Waals surface area contributed by atoms with E-state index in [-0.39, 0.29) is 0 Å². The number of nitrogens with one attached hydrogen (secondary N) is 1. The first kappa shape index (κ1) is 25.5. The van der Waals surface area contributed by atoms with Crippen molar-refractivity contribution in [3.63, 3.8) is 0 Å². The van der Waals surface area contributed by atoms with Crippen molar-refractivity contribution < 1.29 is 4.74 Å². The highest BCUT2D eigenvalue weighted by Gasteiger charge is 2.17. The van der Waals surface area contributed by atoms with Gasteiger partial charge in [0, 0.05) is 29.6 Å². The zero-order valence-corrected chi connectivity index (χ0v) is 20.7. The number of rotatable bonds is 5. The fourth-order valence-corrected chi connectivity index (χ4v) is 3.53. The van der Waals surface area contributed by atoms with E-state index in [0.29, 0.717) is 35.7 Å². The van der Waals surface area contributed by atoms with Gasteiger partial charge in [0.15, 0.2) is 0 Å². The van der Waals surface area contributed by atoms with Gasteiger partial charge in [0.25, 0.3) is 0 Å². The number of fused-ring (bicyclic) bond motifs is 2. The molecule has 7 heteroatoms. The molecule has 0 saturated carbocycles. The molecule has 2 aromatic carbocycles. The molecule has 0 aliphatic heterocycles. The number of nitrogens with two attached hydrogens (primary N) is 1. The van der Waals surface area contributed by atoms with Crippen molar-refractivity contribution in [3.8, 4) is 11.8 Å². The van der Waals surface area contributed by atoms with Crippen LogP contribution in [0.2, 0.25) is 0 Å². The fraction of sp³-hybridized carbons (Fsp3) is 0.346. The third kappa shape index (κ3) is 5.17. The Hall–Kier alpha value is -3.79. The molecule has 0 spiro atoms. The normalized spacial score (nSPS) is 10.0. The van der Waals surface area contributed by atoms with Crippen molar-refractivity contribution in [2.75, 3.05) is 17.7 Å². The number of aromatic nitrogens is 3. The van der Waals surface area contributed by atoms with Crippen molar-refractivity contribution in [2.45, 2.75) is 48.0 Å². The lowest BCUT2D eigenvalue weighted by molar-refractivity contribution is 0.342. The van der Waals surface area contributed by atoms with Gasteiger partial charge in [0.05, 0.1) is 46.5 Å². The summed E-state index contributed by atoms with van der Waals surface area (Å²) in [5.74, 6) is 0.599. The lowest BCUT2D eigenvalue weighted by Crippen LogP contribution is -2.04. The minimum atomic E-state index is 0.514. The molecule has 0 aliphatic rings. The van der Waals surface area contributed by atoms with Crippen molar-refractivity contribution in [3.05, 3.63) is 47.8 Å². The SMILES string of the molecule is CC.CC.CCOc1cc2nc(CC)c(C#N)c(Nc3ccc4c(cnn4C)c3)c2cc1N. The first-order valence-electron chi connectivity index (χ1n) is 11.5. The Balaban J connectivity index is 0.000000914. The summed E-state index contributed by atoms with van der Waals surface area (Å²) in [5, 5.41) is 19.4. The van der Waals surface area contributed by atoms with E-state index in [1.54, 1.807) is 0 Å². The number of pyridine rings is 1. The van der Waals surface area contributed by atoms with Crippen LogP contribution >= 0.6 is 0 Å². The Morgan fingerprint density at radius 1 is 1.12 bits per heavy atom. The average molecular weight is 447 g/mol. The number of nitrogens with zero attached hydrogens (tertiary/aromatic N) is 4. The maximum Gasteiger partial charge on any atom is 0.144 e. The molecule has 2 aromatic heterocycles. The quantitative estimate of drug-likeness (QED) is 0.347. The van der Waals surface area contributed by atoms with Crippen molar-refractivity contribution in [2.24, 2.45) is 7.05 Å². The topological polar surface area (TPSA) is 102 Å². The van der Waals surface area contributed by atoms with Crippen LogP contribution in [0.1, 0.15) is 52.8 Å². The largest absolute Gasteiger partial charge is 0.492 e. The number of aryl methyl sites for hydroxylation is 2. The third-order valence-electron chi connectivity index (χ3n) is 4.95. The number of anilines is 3. The molecule has 0 fully saturated rings. The van der Waals surface area contributed by atoms with E-state index in [0.717, 1.165) is 33.2 Å². The van der Waals surface area contributed by atoms with Gasteiger partial charge in [-0.3, -0.25) is 9.67 Å². The second-order valence-corrected chi connectivity index (χ2v) is 6.78. The second kappa shape index (κ2) is 11.7. The summed E-state index contributed by atoms with van der Waals surface area (Å²) in [6.45, 7) is 12.4. The van der Waals surface area contributed by atoms with Crippen LogP contribution in [-0.2, 0) is 13.5 Å². The smallest absolute Gasteiger partial charge is 0.144 e. The molecule has 0 bridgehead atoms. The van der Waals surface area contributed by atoms with E-state index in [1.165, 1.54) is 0 Å². The zero-order valence-electron chi connectivity index (χ0n) is 20.7. The van der Waals surface area contributed by atoms with Gasteiger partial charge in [0.2, 0.25) is 0 Å². The Morgan fingerprint density at radius 3 is 2.48 bits per heavy atom. The van der Waals surface area contributed by atoms with Crippen LogP contribution in [0.3, 0.4) is 0 Å². The Morgan fingerprint density at radius 2 is 1.85 bits per heavy atom. The summed E-state index contributed by atoms with van der Waals surface area (Å²) in [6, 6.07) is 12.0. The Kier molecular flexibility index (Phi) is 9.05. The monoisotopic (exact) mass is 446 g/mol. The third-order valence-corrected chi connectivity index (χ3v) is 4.95. The molecule has 0 radical (unpaired) electrons. The molecule has 0 aliphatic carbocycles. The molecule has 0 atom stereocenters. The number of benzene rings is 2. The lowest BCUT2D eigenvalue weighted by Gasteiger charge is -2.16. The average Bonchev–Trinajstić information content (AvgIpc) is 3.22. The van der Waals surface area contributed by atoms with Crippen LogP contribution in [0.4, 0.5) is 17.1 Å². The van der Waals surface area contributed by atoms with Gasteiger partial charge in [-0.25, -0.2) is 0 Å². The summed E-state index contributed by atoms with van der Waals surface area (Å²) in [4.78, 5) is 4.69. The minimum Gasteiger partial charge on any atom is -0.492 e. The molecule has 4 rings (SSSR count). The van der Waals surface area contributed by atoms with Crippen molar-refractivity contribution in [1.29, 1.82) is 5.26 Å². The molecule has 0 unspecified atom stereocenters. The zero-order chi connectivity index (χ0) is 24.5. The minimum absolute atomic E-state index is 0.514. The second-order valence-electron chi connectivity index (χ2n) is 6.78. The van der Waals surface area contributed by atoms with Crippen LogP contribution in [-0.4, -0.2) is 21.4 Å². The molecule has 0 saturated heterocycles. The van der Waals surface area contributed by atoms with Crippen LogP contribution in [0.15, 0.2) is 36.5 Å². The van der Waals surface area contributed by atoms with Gasteiger partial charge in [-0.05, 0) is 37.6 Å². The highest BCUT2D eigenvalue weighted by molar-refractivity contribution is 6.00. The summed E-state index contributed by atoms with van der Waals surface area (Å²) in [7, 11) is 1.91. The van der Waals surface area contributed by atoms with Gasteiger partial charge in [-0.15, -0.1) is 0 Å².